The number of halogens is 3. The number of hydrogen-bond donors (Lipinski definition) is 1. The lowest BCUT2D eigenvalue weighted by Gasteiger charge is -2.21. The molecule has 0 fully saturated rings. The Hall–Kier alpha value is -1.08. The van der Waals surface area contributed by atoms with E-state index in [9.17, 15) is 21.6 Å². The number of hydrogen-bond acceptors (Lipinski definition) is 2. The van der Waals surface area contributed by atoms with Crippen LogP contribution in [-0.4, -0.2) is 20.5 Å². The monoisotopic (exact) mass is 337 g/mol. The molecule has 0 aliphatic heterocycles. The maximum absolute atomic E-state index is 12.3. The standard InChI is InChI=1S/C15H22F3NO2S/c1-5-11(10-19-22(20,21)15(16,17)18)12-6-8-13(9-7-12)14(2,3)4/h6-9,11,19H,5,10H2,1-4H3. The van der Waals surface area contributed by atoms with Crippen molar-refractivity contribution < 1.29 is 21.6 Å². The van der Waals surface area contributed by atoms with Crippen LogP contribution in [0.3, 0.4) is 0 Å². The molecule has 0 aromatic heterocycles. The molecule has 0 amide bonds. The topological polar surface area (TPSA) is 46.2 Å². The summed E-state index contributed by atoms with van der Waals surface area (Å²) in [6.45, 7) is 7.74. The van der Waals surface area contributed by atoms with Crippen LogP contribution >= 0.6 is 0 Å². The third-order valence-corrected chi connectivity index (χ3v) is 4.72. The molecule has 126 valence electrons. The van der Waals surface area contributed by atoms with Crippen molar-refractivity contribution in [1.82, 2.24) is 4.72 Å². The summed E-state index contributed by atoms with van der Waals surface area (Å²) < 4.78 is 60.7. The van der Waals surface area contributed by atoms with Gasteiger partial charge in [0.05, 0.1) is 0 Å². The van der Waals surface area contributed by atoms with E-state index in [1.165, 1.54) is 0 Å². The summed E-state index contributed by atoms with van der Waals surface area (Å²) in [5.41, 5.74) is -3.36. The minimum atomic E-state index is -5.29. The van der Waals surface area contributed by atoms with E-state index >= 15 is 0 Å². The van der Waals surface area contributed by atoms with Crippen LogP contribution in [-0.2, 0) is 15.4 Å². The predicted molar refractivity (Wildman–Crippen MR) is 81.2 cm³/mol. The lowest BCUT2D eigenvalue weighted by atomic mass is 9.85. The SMILES string of the molecule is CCC(CNS(=O)(=O)C(F)(F)F)c1ccc(C(C)(C)C)cc1. The van der Waals surface area contributed by atoms with Gasteiger partial charge in [0.25, 0.3) is 0 Å². The largest absolute Gasteiger partial charge is 0.511 e. The lowest BCUT2D eigenvalue weighted by Crippen LogP contribution is -2.38. The minimum Gasteiger partial charge on any atom is -0.207 e. The third kappa shape index (κ3) is 4.71. The smallest absolute Gasteiger partial charge is 0.207 e. The summed E-state index contributed by atoms with van der Waals surface area (Å²) in [5, 5.41) is 0. The molecular formula is C15H22F3NO2S. The van der Waals surface area contributed by atoms with Crippen LogP contribution in [0.1, 0.15) is 51.2 Å². The highest BCUT2D eigenvalue weighted by atomic mass is 32.2. The first-order chi connectivity index (χ1) is 9.88. The van der Waals surface area contributed by atoms with E-state index in [1.54, 1.807) is 4.72 Å². The summed E-state index contributed by atoms with van der Waals surface area (Å²) >= 11 is 0. The molecule has 0 aliphatic rings. The zero-order valence-electron chi connectivity index (χ0n) is 13.2. The summed E-state index contributed by atoms with van der Waals surface area (Å²) in [6.07, 6.45) is 0.537. The van der Waals surface area contributed by atoms with Gasteiger partial charge < -0.3 is 0 Å². The van der Waals surface area contributed by atoms with E-state index in [4.69, 9.17) is 0 Å². The van der Waals surface area contributed by atoms with Crippen LogP contribution in [0, 0.1) is 0 Å². The molecule has 7 heteroatoms. The number of sulfonamides is 1. The average Bonchev–Trinajstić information content (AvgIpc) is 2.37. The fourth-order valence-corrected chi connectivity index (χ4v) is 2.63. The van der Waals surface area contributed by atoms with Crippen molar-refractivity contribution in [3.05, 3.63) is 35.4 Å². The Bertz CT molecular complexity index is 587. The van der Waals surface area contributed by atoms with Gasteiger partial charge in [-0.25, -0.2) is 13.1 Å². The molecule has 0 spiro atoms. The normalized spacial score (nSPS) is 14.9. The average molecular weight is 337 g/mol. The van der Waals surface area contributed by atoms with E-state index < -0.39 is 15.5 Å². The Kier molecular flexibility index (Phi) is 5.67. The van der Waals surface area contributed by atoms with Crippen LogP contribution in [0.4, 0.5) is 13.2 Å². The molecule has 1 unspecified atom stereocenters. The predicted octanol–water partition coefficient (Wildman–Crippen LogP) is 3.92. The molecule has 0 saturated heterocycles. The molecule has 22 heavy (non-hydrogen) atoms. The Balaban J connectivity index is 2.86. The summed E-state index contributed by atoms with van der Waals surface area (Å²) in [4.78, 5) is 0. The van der Waals surface area contributed by atoms with Gasteiger partial charge in [0, 0.05) is 6.54 Å². The second kappa shape index (κ2) is 6.58. The molecule has 0 bridgehead atoms. The molecule has 0 radical (unpaired) electrons. The Labute approximate surface area is 130 Å². The highest BCUT2D eigenvalue weighted by molar-refractivity contribution is 7.90. The first-order valence-electron chi connectivity index (χ1n) is 7.05. The third-order valence-electron chi connectivity index (χ3n) is 3.57. The molecule has 1 aromatic rings. The van der Waals surface area contributed by atoms with Crippen molar-refractivity contribution in [2.45, 2.75) is 51.0 Å². The second-order valence-corrected chi connectivity index (χ2v) is 8.03. The first-order valence-corrected chi connectivity index (χ1v) is 8.53. The van der Waals surface area contributed by atoms with E-state index in [0.29, 0.717) is 6.42 Å². The van der Waals surface area contributed by atoms with Crippen molar-refractivity contribution in [1.29, 1.82) is 0 Å². The lowest BCUT2D eigenvalue weighted by molar-refractivity contribution is -0.0448. The highest BCUT2D eigenvalue weighted by Gasteiger charge is 2.45. The van der Waals surface area contributed by atoms with Gasteiger partial charge in [0.1, 0.15) is 0 Å². The highest BCUT2D eigenvalue weighted by Crippen LogP contribution is 2.27. The van der Waals surface area contributed by atoms with Crippen LogP contribution in [0.25, 0.3) is 0 Å². The van der Waals surface area contributed by atoms with Crippen molar-refractivity contribution in [3.8, 4) is 0 Å². The quantitative estimate of drug-likeness (QED) is 0.885. The van der Waals surface area contributed by atoms with Crippen LogP contribution in [0.5, 0.6) is 0 Å². The minimum absolute atomic E-state index is 0.0158. The van der Waals surface area contributed by atoms with Gasteiger partial charge in [-0.15, -0.1) is 0 Å². The van der Waals surface area contributed by atoms with Gasteiger partial charge in [0.15, 0.2) is 0 Å². The molecule has 0 aliphatic carbocycles. The van der Waals surface area contributed by atoms with E-state index in [2.05, 4.69) is 20.8 Å². The first kappa shape index (κ1) is 19.0. The van der Waals surface area contributed by atoms with E-state index in [-0.39, 0.29) is 17.9 Å². The van der Waals surface area contributed by atoms with Crippen molar-refractivity contribution >= 4 is 10.0 Å². The van der Waals surface area contributed by atoms with Gasteiger partial charge in [0.2, 0.25) is 0 Å². The zero-order valence-corrected chi connectivity index (χ0v) is 14.0. The fourth-order valence-electron chi connectivity index (χ4n) is 2.05. The Morgan fingerprint density at radius 1 is 1.09 bits per heavy atom. The maximum Gasteiger partial charge on any atom is 0.511 e. The molecule has 1 N–H and O–H groups in total. The summed E-state index contributed by atoms with van der Waals surface area (Å²) in [5.74, 6) is -0.300. The van der Waals surface area contributed by atoms with Gasteiger partial charge in [-0.3, -0.25) is 0 Å². The summed E-state index contributed by atoms with van der Waals surface area (Å²) in [6, 6.07) is 7.54. The van der Waals surface area contributed by atoms with Crippen LogP contribution in [0.15, 0.2) is 24.3 Å². The van der Waals surface area contributed by atoms with Gasteiger partial charge >= 0.3 is 15.5 Å². The number of alkyl halides is 3. The Morgan fingerprint density at radius 2 is 1.59 bits per heavy atom. The molecule has 0 saturated carbocycles. The molecule has 1 aromatic carbocycles. The number of benzene rings is 1. The van der Waals surface area contributed by atoms with E-state index in [0.717, 1.165) is 11.1 Å². The molecule has 3 nitrogen and oxygen atoms in total. The van der Waals surface area contributed by atoms with Crippen molar-refractivity contribution in [3.63, 3.8) is 0 Å². The molecule has 1 atom stereocenters. The number of nitrogens with one attached hydrogen (secondary N) is 1. The molecule has 1 rings (SSSR count). The van der Waals surface area contributed by atoms with Crippen LogP contribution in [0.2, 0.25) is 0 Å². The maximum atomic E-state index is 12.3. The summed E-state index contributed by atoms with van der Waals surface area (Å²) in [7, 11) is -5.29. The van der Waals surface area contributed by atoms with Crippen molar-refractivity contribution in [2.75, 3.05) is 6.54 Å². The van der Waals surface area contributed by atoms with Gasteiger partial charge in [-0.1, -0.05) is 52.0 Å². The fraction of sp³-hybridized carbons (Fsp3) is 0.600. The molecule has 0 heterocycles. The zero-order chi connectivity index (χ0) is 17.2. The number of rotatable bonds is 5. The second-order valence-electron chi connectivity index (χ2n) is 6.27. The Morgan fingerprint density at radius 3 is 1.95 bits per heavy atom. The molecular weight excluding hydrogens is 315 g/mol. The van der Waals surface area contributed by atoms with E-state index in [1.807, 2.05) is 31.2 Å². The van der Waals surface area contributed by atoms with Gasteiger partial charge in [-0.05, 0) is 28.9 Å². The van der Waals surface area contributed by atoms with Gasteiger partial charge in [-0.2, -0.15) is 13.2 Å². The van der Waals surface area contributed by atoms with Crippen LogP contribution < -0.4 is 4.72 Å². The van der Waals surface area contributed by atoms with Crippen molar-refractivity contribution in [2.24, 2.45) is 0 Å².